The summed E-state index contributed by atoms with van der Waals surface area (Å²) in [6.07, 6.45) is 0.976. The number of methoxy groups -OCH3 is 1. The minimum Gasteiger partial charge on any atom is -0.496 e. The summed E-state index contributed by atoms with van der Waals surface area (Å²) >= 11 is 0. The van der Waals surface area contributed by atoms with Crippen LogP contribution in [0.1, 0.15) is 18.1 Å². The maximum atomic E-state index is 5.74. The number of rotatable bonds is 2. The quantitative estimate of drug-likeness (QED) is 0.681. The molecule has 0 bridgehead atoms. The van der Waals surface area contributed by atoms with E-state index in [1.165, 1.54) is 5.56 Å². The van der Waals surface area contributed by atoms with Crippen LogP contribution in [-0.4, -0.2) is 7.11 Å². The molecule has 1 aromatic rings. The van der Waals surface area contributed by atoms with Crippen molar-refractivity contribution in [3.05, 3.63) is 23.3 Å². The van der Waals surface area contributed by atoms with E-state index in [1.807, 2.05) is 13.0 Å². The molecule has 0 aliphatic heterocycles. The zero-order valence-electron chi connectivity index (χ0n) is 7.85. The van der Waals surface area contributed by atoms with Crippen molar-refractivity contribution in [2.45, 2.75) is 20.3 Å². The number of hydrogen-bond acceptors (Lipinski definition) is 2. The molecule has 0 unspecified atom stereocenters. The molecule has 0 aromatic heterocycles. The second kappa shape index (κ2) is 3.48. The van der Waals surface area contributed by atoms with Gasteiger partial charge in [0.15, 0.2) is 0 Å². The van der Waals surface area contributed by atoms with Crippen molar-refractivity contribution in [3.63, 3.8) is 0 Å². The van der Waals surface area contributed by atoms with E-state index in [0.717, 1.165) is 23.4 Å². The molecule has 0 spiro atoms. The van der Waals surface area contributed by atoms with E-state index in [4.69, 9.17) is 10.5 Å². The lowest BCUT2D eigenvalue weighted by molar-refractivity contribution is 0.410. The minimum absolute atomic E-state index is 0.795. The topological polar surface area (TPSA) is 35.2 Å². The zero-order valence-corrected chi connectivity index (χ0v) is 7.85. The number of nitrogen functional groups attached to an aromatic ring is 1. The second-order valence-electron chi connectivity index (χ2n) is 2.87. The third-order valence-electron chi connectivity index (χ3n) is 2.05. The molecule has 0 aliphatic rings. The third-order valence-corrected chi connectivity index (χ3v) is 2.05. The first-order valence-corrected chi connectivity index (χ1v) is 4.12. The molecule has 1 aromatic carbocycles. The smallest absolute Gasteiger partial charge is 0.124 e. The molecule has 0 saturated heterocycles. The van der Waals surface area contributed by atoms with Gasteiger partial charge in [-0.1, -0.05) is 13.0 Å². The van der Waals surface area contributed by atoms with Crippen molar-refractivity contribution in [1.29, 1.82) is 0 Å². The lowest BCUT2D eigenvalue weighted by atomic mass is 10.1. The largest absolute Gasteiger partial charge is 0.496 e. The first-order chi connectivity index (χ1) is 5.69. The molecule has 2 nitrogen and oxygen atoms in total. The van der Waals surface area contributed by atoms with Gasteiger partial charge >= 0.3 is 0 Å². The Morgan fingerprint density at radius 2 is 2.08 bits per heavy atom. The van der Waals surface area contributed by atoms with E-state index >= 15 is 0 Å². The lowest BCUT2D eigenvalue weighted by Crippen LogP contribution is -1.96. The fourth-order valence-electron chi connectivity index (χ4n) is 1.23. The molecule has 2 heteroatoms. The number of anilines is 1. The minimum atomic E-state index is 0.795. The van der Waals surface area contributed by atoms with Crippen LogP contribution in [0, 0.1) is 6.92 Å². The average Bonchev–Trinajstić information content (AvgIpc) is 2.09. The molecule has 0 radical (unpaired) electrons. The maximum absolute atomic E-state index is 5.74. The first kappa shape index (κ1) is 8.91. The molecule has 0 amide bonds. The molecular formula is C10H15NO. The molecule has 0 atom stereocenters. The molecule has 66 valence electrons. The van der Waals surface area contributed by atoms with Crippen molar-refractivity contribution >= 4 is 5.69 Å². The summed E-state index contributed by atoms with van der Waals surface area (Å²) in [6.45, 7) is 4.11. The Hall–Kier alpha value is -1.18. The summed E-state index contributed by atoms with van der Waals surface area (Å²) in [5.41, 5.74) is 8.87. The zero-order chi connectivity index (χ0) is 9.14. The molecule has 0 fully saturated rings. The molecule has 1 rings (SSSR count). The highest BCUT2D eigenvalue weighted by molar-refractivity contribution is 5.54. The van der Waals surface area contributed by atoms with Gasteiger partial charge in [-0.2, -0.15) is 0 Å². The van der Waals surface area contributed by atoms with Gasteiger partial charge in [-0.3, -0.25) is 0 Å². The number of hydrogen-bond donors (Lipinski definition) is 1. The van der Waals surface area contributed by atoms with E-state index in [2.05, 4.69) is 13.0 Å². The fraction of sp³-hybridized carbons (Fsp3) is 0.400. The monoisotopic (exact) mass is 165 g/mol. The van der Waals surface area contributed by atoms with Gasteiger partial charge in [-0.05, 0) is 24.5 Å². The average molecular weight is 165 g/mol. The predicted molar refractivity (Wildman–Crippen MR) is 51.5 cm³/mol. The van der Waals surface area contributed by atoms with Crippen LogP contribution in [0.25, 0.3) is 0 Å². The highest BCUT2D eigenvalue weighted by Crippen LogP contribution is 2.24. The second-order valence-corrected chi connectivity index (χ2v) is 2.87. The van der Waals surface area contributed by atoms with Crippen LogP contribution in [0.5, 0.6) is 5.75 Å². The van der Waals surface area contributed by atoms with Gasteiger partial charge in [0.1, 0.15) is 5.75 Å². The van der Waals surface area contributed by atoms with Gasteiger partial charge < -0.3 is 10.5 Å². The Bertz CT molecular complexity index is 252. The summed E-state index contributed by atoms with van der Waals surface area (Å²) in [6, 6.07) is 3.96. The Kier molecular flexibility index (Phi) is 2.58. The summed E-state index contributed by atoms with van der Waals surface area (Å²) < 4.78 is 5.19. The Balaban J connectivity index is 3.19. The summed E-state index contributed by atoms with van der Waals surface area (Å²) in [4.78, 5) is 0. The van der Waals surface area contributed by atoms with Gasteiger partial charge in [0.2, 0.25) is 0 Å². The number of ether oxygens (including phenoxy) is 1. The normalized spacial score (nSPS) is 9.92. The van der Waals surface area contributed by atoms with Crippen LogP contribution < -0.4 is 10.5 Å². The van der Waals surface area contributed by atoms with Gasteiger partial charge in [-0.15, -0.1) is 0 Å². The SMILES string of the molecule is CCc1cc(C)c(N)cc1OC. The van der Waals surface area contributed by atoms with E-state index in [-0.39, 0.29) is 0 Å². The van der Waals surface area contributed by atoms with Crippen LogP contribution in [0.3, 0.4) is 0 Å². The van der Waals surface area contributed by atoms with Gasteiger partial charge in [0, 0.05) is 11.8 Å². The van der Waals surface area contributed by atoms with Crippen LogP contribution >= 0.6 is 0 Å². The molecule has 2 N–H and O–H groups in total. The third kappa shape index (κ3) is 1.52. The van der Waals surface area contributed by atoms with Crippen molar-refractivity contribution in [1.82, 2.24) is 0 Å². The Morgan fingerprint density at radius 3 is 2.58 bits per heavy atom. The number of benzene rings is 1. The highest BCUT2D eigenvalue weighted by Gasteiger charge is 2.03. The van der Waals surface area contributed by atoms with Gasteiger partial charge in [-0.25, -0.2) is 0 Å². The van der Waals surface area contributed by atoms with E-state index in [1.54, 1.807) is 7.11 Å². The van der Waals surface area contributed by atoms with Crippen molar-refractivity contribution in [3.8, 4) is 5.75 Å². The molecule has 0 saturated carbocycles. The number of aryl methyl sites for hydroxylation is 2. The van der Waals surface area contributed by atoms with Crippen molar-refractivity contribution in [2.75, 3.05) is 12.8 Å². The maximum Gasteiger partial charge on any atom is 0.124 e. The van der Waals surface area contributed by atoms with Crippen LogP contribution in [0.2, 0.25) is 0 Å². The van der Waals surface area contributed by atoms with Gasteiger partial charge in [0.25, 0.3) is 0 Å². The molecular weight excluding hydrogens is 150 g/mol. The Morgan fingerprint density at radius 1 is 1.42 bits per heavy atom. The van der Waals surface area contributed by atoms with Crippen LogP contribution in [-0.2, 0) is 6.42 Å². The first-order valence-electron chi connectivity index (χ1n) is 4.12. The fourth-order valence-corrected chi connectivity index (χ4v) is 1.23. The van der Waals surface area contributed by atoms with E-state index in [9.17, 15) is 0 Å². The van der Waals surface area contributed by atoms with Gasteiger partial charge in [0.05, 0.1) is 7.11 Å². The predicted octanol–water partition coefficient (Wildman–Crippen LogP) is 2.15. The standard InChI is InChI=1S/C10H15NO/c1-4-8-5-7(2)9(11)6-10(8)12-3/h5-6H,4,11H2,1-3H3. The van der Waals surface area contributed by atoms with E-state index in [0.29, 0.717) is 0 Å². The highest BCUT2D eigenvalue weighted by atomic mass is 16.5. The lowest BCUT2D eigenvalue weighted by Gasteiger charge is -2.09. The van der Waals surface area contributed by atoms with Crippen molar-refractivity contribution in [2.24, 2.45) is 0 Å². The van der Waals surface area contributed by atoms with E-state index < -0.39 is 0 Å². The molecule has 12 heavy (non-hydrogen) atoms. The van der Waals surface area contributed by atoms with Crippen molar-refractivity contribution < 1.29 is 4.74 Å². The summed E-state index contributed by atoms with van der Waals surface area (Å²) in [5, 5.41) is 0. The van der Waals surface area contributed by atoms with Crippen LogP contribution in [0.4, 0.5) is 5.69 Å². The number of nitrogens with two attached hydrogens (primary N) is 1. The molecule has 0 heterocycles. The molecule has 0 aliphatic carbocycles. The van der Waals surface area contributed by atoms with Crippen LogP contribution in [0.15, 0.2) is 12.1 Å². The summed E-state index contributed by atoms with van der Waals surface area (Å²) in [7, 11) is 1.67. The summed E-state index contributed by atoms with van der Waals surface area (Å²) in [5.74, 6) is 0.889. The Labute approximate surface area is 73.3 Å².